The van der Waals surface area contributed by atoms with Gasteiger partial charge < -0.3 is 9.64 Å². The van der Waals surface area contributed by atoms with Crippen LogP contribution in [0.3, 0.4) is 0 Å². The number of ether oxygens (including phenoxy) is 1. The molecule has 1 aliphatic rings. The third-order valence-electron chi connectivity index (χ3n) is 4.72. The lowest BCUT2D eigenvalue weighted by Crippen LogP contribution is -2.39. The van der Waals surface area contributed by atoms with E-state index < -0.39 is 39.4 Å². The van der Waals surface area contributed by atoms with Crippen LogP contribution >= 0.6 is 0 Å². The Balaban J connectivity index is 1.79. The lowest BCUT2D eigenvalue weighted by Gasteiger charge is -2.22. The van der Waals surface area contributed by atoms with Crippen LogP contribution in [-0.2, 0) is 26.0 Å². The number of benzene rings is 2. The molecule has 154 valence electrons. The van der Waals surface area contributed by atoms with Crippen molar-refractivity contribution in [3.05, 3.63) is 59.4 Å². The number of sulfonamides is 1. The number of nitrogens with zero attached hydrogens (tertiary/aromatic N) is 2. The van der Waals surface area contributed by atoms with Crippen molar-refractivity contribution in [1.82, 2.24) is 4.31 Å². The third-order valence-corrected chi connectivity index (χ3v) is 6.53. The number of rotatable bonds is 5. The molecule has 1 amide bonds. The summed E-state index contributed by atoms with van der Waals surface area (Å²) in [4.78, 5) is 26.5. The molecule has 0 saturated heterocycles. The van der Waals surface area contributed by atoms with Gasteiger partial charge in [-0.05, 0) is 43.2 Å². The highest BCUT2D eigenvalue weighted by atomic mass is 32.2. The number of para-hydroxylation sites is 1. The molecule has 0 aromatic heterocycles. The lowest BCUT2D eigenvalue weighted by molar-refractivity contribution is -0.126. The minimum absolute atomic E-state index is 0.247. The Morgan fingerprint density at radius 2 is 1.86 bits per heavy atom. The Bertz CT molecular complexity index is 1070. The van der Waals surface area contributed by atoms with Gasteiger partial charge in [-0.3, -0.25) is 4.79 Å². The topological polar surface area (TPSA) is 84.0 Å². The Morgan fingerprint density at radius 3 is 2.55 bits per heavy atom. The minimum atomic E-state index is -3.86. The average Bonchev–Trinajstić information content (AvgIpc) is 3.11. The molecule has 2 aromatic carbocycles. The number of halogens is 1. The molecule has 0 N–H and O–H groups in total. The van der Waals surface area contributed by atoms with Crippen molar-refractivity contribution < 1.29 is 27.1 Å². The van der Waals surface area contributed by atoms with E-state index in [1.165, 1.54) is 25.9 Å². The van der Waals surface area contributed by atoms with E-state index in [1.54, 1.807) is 0 Å². The van der Waals surface area contributed by atoms with Gasteiger partial charge in [-0.15, -0.1) is 0 Å². The van der Waals surface area contributed by atoms with Gasteiger partial charge in [0.25, 0.3) is 5.91 Å². The molecule has 7 nitrogen and oxygen atoms in total. The molecule has 2 aromatic rings. The van der Waals surface area contributed by atoms with E-state index in [-0.39, 0.29) is 4.90 Å². The molecular formula is C20H21FN2O5S. The standard InChI is InChI=1S/C20H21FN2O5S/c1-13(19(24)23-11-10-14-6-4-5-7-18(14)23)28-20(25)16-12-15(8-9-17(16)21)29(26,27)22(2)3/h4-9,12-13H,10-11H2,1-3H3/t13-/m0/s1. The Kier molecular flexibility index (Phi) is 5.72. The van der Waals surface area contributed by atoms with Crippen LogP contribution in [0.15, 0.2) is 47.4 Å². The zero-order valence-corrected chi connectivity index (χ0v) is 17.1. The Labute approximate surface area is 168 Å². The van der Waals surface area contributed by atoms with Crippen LogP contribution in [0.1, 0.15) is 22.8 Å². The Morgan fingerprint density at radius 1 is 1.17 bits per heavy atom. The summed E-state index contributed by atoms with van der Waals surface area (Å²) in [6.07, 6.45) is -0.469. The zero-order chi connectivity index (χ0) is 21.3. The maximum Gasteiger partial charge on any atom is 0.341 e. The smallest absolute Gasteiger partial charge is 0.341 e. The van der Waals surface area contributed by atoms with E-state index in [0.29, 0.717) is 13.0 Å². The molecular weight excluding hydrogens is 399 g/mol. The largest absolute Gasteiger partial charge is 0.449 e. The van der Waals surface area contributed by atoms with E-state index >= 15 is 0 Å². The number of esters is 1. The fourth-order valence-electron chi connectivity index (χ4n) is 3.09. The number of amides is 1. The van der Waals surface area contributed by atoms with Crippen molar-refractivity contribution in [2.24, 2.45) is 0 Å². The van der Waals surface area contributed by atoms with Gasteiger partial charge in [0.2, 0.25) is 10.0 Å². The molecule has 1 heterocycles. The second-order valence-corrected chi connectivity index (χ2v) is 9.00. The number of hydrogen-bond acceptors (Lipinski definition) is 5. The molecule has 0 aliphatic carbocycles. The average molecular weight is 420 g/mol. The van der Waals surface area contributed by atoms with Crippen LogP contribution in [0.5, 0.6) is 0 Å². The summed E-state index contributed by atoms with van der Waals surface area (Å²) in [5.74, 6) is -2.47. The molecule has 29 heavy (non-hydrogen) atoms. The molecule has 9 heteroatoms. The number of carbonyl (C=O) groups is 2. The predicted octanol–water partition coefficient (Wildman–Crippen LogP) is 2.21. The second-order valence-electron chi connectivity index (χ2n) is 6.85. The van der Waals surface area contributed by atoms with Crippen molar-refractivity contribution >= 4 is 27.6 Å². The van der Waals surface area contributed by atoms with Gasteiger partial charge in [0.15, 0.2) is 6.10 Å². The summed E-state index contributed by atoms with van der Waals surface area (Å²) in [5, 5.41) is 0. The molecule has 3 rings (SSSR count). The number of anilines is 1. The summed E-state index contributed by atoms with van der Waals surface area (Å²) >= 11 is 0. The van der Waals surface area contributed by atoms with Crippen LogP contribution < -0.4 is 4.90 Å². The molecule has 0 bridgehead atoms. The fraction of sp³-hybridized carbons (Fsp3) is 0.300. The first-order chi connectivity index (χ1) is 13.6. The fourth-order valence-corrected chi connectivity index (χ4v) is 4.02. The SMILES string of the molecule is C[C@H](OC(=O)c1cc(S(=O)(=O)N(C)C)ccc1F)C(=O)N1CCc2ccccc21. The third kappa shape index (κ3) is 4.01. The van der Waals surface area contributed by atoms with Gasteiger partial charge in [-0.1, -0.05) is 18.2 Å². The van der Waals surface area contributed by atoms with E-state index in [9.17, 15) is 22.4 Å². The van der Waals surface area contributed by atoms with E-state index in [2.05, 4.69) is 0 Å². The second kappa shape index (κ2) is 7.92. The van der Waals surface area contributed by atoms with Gasteiger partial charge in [-0.2, -0.15) is 0 Å². The first kappa shape index (κ1) is 20.9. The van der Waals surface area contributed by atoms with Gasteiger partial charge in [0, 0.05) is 26.3 Å². The molecule has 0 radical (unpaired) electrons. The van der Waals surface area contributed by atoms with Gasteiger partial charge in [0.05, 0.1) is 10.5 Å². The predicted molar refractivity (Wildman–Crippen MR) is 105 cm³/mol. The maximum atomic E-state index is 14.2. The van der Waals surface area contributed by atoms with E-state index in [1.807, 2.05) is 24.3 Å². The van der Waals surface area contributed by atoms with Crippen LogP contribution in [0.25, 0.3) is 0 Å². The van der Waals surface area contributed by atoms with Gasteiger partial charge in [-0.25, -0.2) is 21.9 Å². The quantitative estimate of drug-likeness (QED) is 0.693. The normalized spacial score (nSPS) is 14.6. The van der Waals surface area contributed by atoms with Crippen LogP contribution in [0, 0.1) is 5.82 Å². The van der Waals surface area contributed by atoms with Crippen LogP contribution in [-0.4, -0.2) is 51.3 Å². The molecule has 1 atom stereocenters. The lowest BCUT2D eigenvalue weighted by atomic mass is 10.2. The molecule has 0 fully saturated rings. The monoisotopic (exact) mass is 420 g/mol. The van der Waals surface area contributed by atoms with Gasteiger partial charge in [0.1, 0.15) is 5.82 Å². The van der Waals surface area contributed by atoms with Crippen LogP contribution in [0.2, 0.25) is 0 Å². The van der Waals surface area contributed by atoms with Crippen LogP contribution in [0.4, 0.5) is 10.1 Å². The first-order valence-corrected chi connectivity index (χ1v) is 10.4. The first-order valence-electron chi connectivity index (χ1n) is 8.95. The van der Waals surface area contributed by atoms with Crippen molar-refractivity contribution in [1.29, 1.82) is 0 Å². The zero-order valence-electron chi connectivity index (χ0n) is 16.3. The molecule has 0 unspecified atom stereocenters. The summed E-state index contributed by atoms with van der Waals surface area (Å²) in [7, 11) is -1.21. The minimum Gasteiger partial charge on any atom is -0.449 e. The summed E-state index contributed by atoms with van der Waals surface area (Å²) < 4.78 is 44.7. The Hall–Kier alpha value is -2.78. The molecule has 0 saturated carbocycles. The van der Waals surface area contributed by atoms with Crippen molar-refractivity contribution in [3.8, 4) is 0 Å². The van der Waals surface area contributed by atoms with E-state index in [4.69, 9.17) is 4.74 Å². The highest BCUT2D eigenvalue weighted by Crippen LogP contribution is 2.28. The molecule has 1 aliphatic heterocycles. The van der Waals surface area contributed by atoms with E-state index in [0.717, 1.165) is 33.8 Å². The maximum absolute atomic E-state index is 14.2. The number of carbonyl (C=O) groups excluding carboxylic acids is 2. The van der Waals surface area contributed by atoms with Crippen molar-refractivity contribution in [3.63, 3.8) is 0 Å². The number of hydrogen-bond donors (Lipinski definition) is 0. The van der Waals surface area contributed by atoms with Crippen molar-refractivity contribution in [2.75, 3.05) is 25.5 Å². The number of fused-ring (bicyclic) bond motifs is 1. The molecule has 0 spiro atoms. The van der Waals surface area contributed by atoms with Gasteiger partial charge >= 0.3 is 5.97 Å². The summed E-state index contributed by atoms with van der Waals surface area (Å²) in [6.45, 7) is 1.87. The summed E-state index contributed by atoms with van der Waals surface area (Å²) in [5.41, 5.74) is 1.23. The highest BCUT2D eigenvalue weighted by molar-refractivity contribution is 7.89. The van der Waals surface area contributed by atoms with Crippen molar-refractivity contribution in [2.45, 2.75) is 24.3 Å². The summed E-state index contributed by atoms with van der Waals surface area (Å²) in [6, 6.07) is 10.3. The highest BCUT2D eigenvalue weighted by Gasteiger charge is 2.31.